The minimum Gasteiger partial charge on any atom is -0.419 e. The largest absolute Gasteiger partial charge is 0.419 e. The number of halogens is 2. The fourth-order valence-corrected chi connectivity index (χ4v) is 3.60. The number of hydrogen-bond donors (Lipinski definition) is 0. The van der Waals surface area contributed by atoms with E-state index in [1.54, 1.807) is 18.2 Å². The van der Waals surface area contributed by atoms with E-state index in [2.05, 4.69) is 15.1 Å². The summed E-state index contributed by atoms with van der Waals surface area (Å²) in [4.78, 5) is 15.6. The molecule has 1 saturated heterocycles. The van der Waals surface area contributed by atoms with Crippen molar-refractivity contribution >= 4 is 23.1 Å². The molecule has 0 bridgehead atoms. The van der Waals surface area contributed by atoms with Gasteiger partial charge in [-0.25, -0.2) is 4.39 Å². The Bertz CT molecular complexity index is 1030. The quantitative estimate of drug-likeness (QED) is 0.587. The van der Waals surface area contributed by atoms with Crippen molar-refractivity contribution in [2.24, 2.45) is 0 Å². The summed E-state index contributed by atoms with van der Waals surface area (Å²) in [5, 5.41) is 8.78. The van der Waals surface area contributed by atoms with Crippen LogP contribution in [-0.4, -0.2) is 47.1 Å². The van der Waals surface area contributed by atoms with E-state index in [4.69, 9.17) is 16.0 Å². The van der Waals surface area contributed by atoms with Gasteiger partial charge in [0, 0.05) is 31.7 Å². The zero-order valence-corrected chi connectivity index (χ0v) is 16.7. The third-order valence-electron chi connectivity index (χ3n) is 5.00. The zero-order chi connectivity index (χ0) is 20.4. The van der Waals surface area contributed by atoms with Gasteiger partial charge < -0.3 is 9.32 Å². The monoisotopic (exact) mass is 414 g/mol. The van der Waals surface area contributed by atoms with Crippen LogP contribution in [0.5, 0.6) is 0 Å². The van der Waals surface area contributed by atoms with E-state index < -0.39 is 0 Å². The zero-order valence-electron chi connectivity index (χ0n) is 15.9. The number of Topliss-reactive ketones (excluding diaryl/α,β-unsaturated/α-hetero) is 1. The number of anilines is 1. The summed E-state index contributed by atoms with van der Waals surface area (Å²) in [7, 11) is 0. The van der Waals surface area contributed by atoms with Crippen molar-refractivity contribution in [3.63, 3.8) is 0 Å². The highest BCUT2D eigenvalue weighted by atomic mass is 35.5. The summed E-state index contributed by atoms with van der Waals surface area (Å²) in [6.07, 6.45) is 0. The molecule has 6 nitrogen and oxygen atoms in total. The molecular weight excluding hydrogens is 395 g/mol. The Kier molecular flexibility index (Phi) is 5.60. The van der Waals surface area contributed by atoms with E-state index in [1.165, 1.54) is 13.0 Å². The smallest absolute Gasteiger partial charge is 0.249 e. The molecule has 1 fully saturated rings. The van der Waals surface area contributed by atoms with E-state index in [1.807, 2.05) is 23.1 Å². The highest BCUT2D eigenvalue weighted by Crippen LogP contribution is 2.27. The van der Waals surface area contributed by atoms with Crippen LogP contribution in [-0.2, 0) is 6.54 Å². The van der Waals surface area contributed by atoms with Crippen LogP contribution in [0.1, 0.15) is 23.2 Å². The predicted molar refractivity (Wildman–Crippen MR) is 109 cm³/mol. The molecule has 8 heteroatoms. The molecule has 0 aliphatic carbocycles. The average molecular weight is 415 g/mol. The van der Waals surface area contributed by atoms with Gasteiger partial charge in [-0.3, -0.25) is 9.69 Å². The van der Waals surface area contributed by atoms with Crippen LogP contribution in [0.25, 0.3) is 11.5 Å². The van der Waals surface area contributed by atoms with Gasteiger partial charge in [-0.2, -0.15) is 0 Å². The lowest BCUT2D eigenvalue weighted by atomic mass is 10.1. The second-order valence-electron chi connectivity index (χ2n) is 6.97. The third-order valence-corrected chi connectivity index (χ3v) is 5.33. The topological polar surface area (TPSA) is 62.5 Å². The second-order valence-corrected chi connectivity index (χ2v) is 7.37. The molecule has 1 aromatic heterocycles. The van der Waals surface area contributed by atoms with Gasteiger partial charge in [-0.05, 0) is 37.3 Å². The first-order valence-corrected chi connectivity index (χ1v) is 9.74. The fraction of sp³-hybridized carbons (Fsp3) is 0.286. The van der Waals surface area contributed by atoms with Gasteiger partial charge in [0.1, 0.15) is 5.82 Å². The molecule has 3 aromatic rings. The first-order valence-electron chi connectivity index (χ1n) is 9.36. The summed E-state index contributed by atoms with van der Waals surface area (Å²) in [6.45, 7) is 4.76. The van der Waals surface area contributed by atoms with Crippen LogP contribution < -0.4 is 4.90 Å². The Morgan fingerprint density at radius 2 is 1.90 bits per heavy atom. The molecule has 1 aliphatic heterocycles. The second kappa shape index (κ2) is 8.31. The van der Waals surface area contributed by atoms with Crippen LogP contribution in [0.3, 0.4) is 0 Å². The molecule has 0 spiro atoms. The van der Waals surface area contributed by atoms with Crippen LogP contribution in [0.4, 0.5) is 10.1 Å². The van der Waals surface area contributed by atoms with Gasteiger partial charge in [0.05, 0.1) is 22.8 Å². The summed E-state index contributed by atoms with van der Waals surface area (Å²) in [5.41, 5.74) is 1.62. The molecule has 150 valence electrons. The SMILES string of the molecule is CC(=O)c1ccc(N2CCN(Cc3nnc(-c4ccccc4Cl)o3)CC2)c(F)c1. The molecule has 2 aromatic carbocycles. The molecule has 0 unspecified atom stereocenters. The molecule has 2 heterocycles. The molecule has 0 N–H and O–H groups in total. The molecule has 1 aliphatic rings. The summed E-state index contributed by atoms with van der Waals surface area (Å²) < 4.78 is 20.1. The molecule has 4 rings (SSSR count). The van der Waals surface area contributed by atoms with Crippen LogP contribution in [0, 0.1) is 5.82 Å². The van der Waals surface area contributed by atoms with Crippen LogP contribution in [0.2, 0.25) is 5.02 Å². The van der Waals surface area contributed by atoms with E-state index in [-0.39, 0.29) is 11.6 Å². The van der Waals surface area contributed by atoms with Crippen molar-refractivity contribution in [3.05, 3.63) is 64.8 Å². The number of nitrogens with zero attached hydrogens (tertiary/aromatic N) is 4. The summed E-state index contributed by atoms with van der Waals surface area (Å²) in [5.74, 6) is 0.408. The first kappa shape index (κ1) is 19.5. The minimum absolute atomic E-state index is 0.143. The van der Waals surface area contributed by atoms with Crippen LogP contribution in [0.15, 0.2) is 46.9 Å². The van der Waals surface area contributed by atoms with Crippen molar-refractivity contribution < 1.29 is 13.6 Å². The van der Waals surface area contributed by atoms with Gasteiger partial charge in [-0.1, -0.05) is 23.7 Å². The summed E-state index contributed by atoms with van der Waals surface area (Å²) in [6, 6.07) is 12.0. The highest BCUT2D eigenvalue weighted by Gasteiger charge is 2.22. The lowest BCUT2D eigenvalue weighted by Gasteiger charge is -2.35. The molecule has 29 heavy (non-hydrogen) atoms. The standard InChI is InChI=1S/C21H20ClFN4O2/c1-14(28)15-6-7-19(18(23)12-15)27-10-8-26(9-11-27)13-20-24-25-21(29-20)16-4-2-3-5-17(16)22/h2-7,12H,8-11,13H2,1H3. The fourth-order valence-electron chi connectivity index (χ4n) is 3.38. The number of ketones is 1. The normalized spacial score (nSPS) is 14.9. The maximum absolute atomic E-state index is 14.4. The maximum atomic E-state index is 14.4. The number of hydrogen-bond acceptors (Lipinski definition) is 6. The van der Waals surface area contributed by atoms with Crippen molar-refractivity contribution in [2.75, 3.05) is 31.1 Å². The Balaban J connectivity index is 1.37. The Labute approximate surface area is 172 Å². The first-order chi connectivity index (χ1) is 14.0. The van der Waals surface area contributed by atoms with Gasteiger partial charge >= 0.3 is 0 Å². The number of piperazine rings is 1. The predicted octanol–water partition coefficient (Wildman–Crippen LogP) is 4.05. The molecule has 0 atom stereocenters. The number of benzene rings is 2. The van der Waals surface area contributed by atoms with E-state index in [9.17, 15) is 9.18 Å². The Hall–Kier alpha value is -2.77. The molecule has 0 radical (unpaired) electrons. The van der Waals surface area contributed by atoms with E-state index in [0.717, 1.165) is 13.1 Å². The lowest BCUT2D eigenvalue weighted by molar-refractivity contribution is 0.101. The van der Waals surface area contributed by atoms with Gasteiger partial charge in [0.15, 0.2) is 5.78 Å². The number of carbonyl (C=O) groups excluding carboxylic acids is 1. The Morgan fingerprint density at radius 3 is 2.59 bits per heavy atom. The van der Waals surface area contributed by atoms with Crippen LogP contribution >= 0.6 is 11.6 Å². The average Bonchev–Trinajstić information content (AvgIpc) is 3.17. The van der Waals surface area contributed by atoms with Gasteiger partial charge in [0.2, 0.25) is 11.8 Å². The van der Waals surface area contributed by atoms with Crippen molar-refractivity contribution in [1.82, 2.24) is 15.1 Å². The molecular formula is C21H20ClFN4O2. The van der Waals surface area contributed by atoms with E-state index in [0.29, 0.717) is 53.3 Å². The van der Waals surface area contributed by atoms with Crippen molar-refractivity contribution in [3.8, 4) is 11.5 Å². The van der Waals surface area contributed by atoms with Crippen molar-refractivity contribution in [1.29, 1.82) is 0 Å². The van der Waals surface area contributed by atoms with Gasteiger partial charge in [-0.15, -0.1) is 10.2 Å². The highest BCUT2D eigenvalue weighted by molar-refractivity contribution is 6.33. The lowest BCUT2D eigenvalue weighted by Crippen LogP contribution is -2.46. The number of carbonyl (C=O) groups is 1. The molecule has 0 amide bonds. The van der Waals surface area contributed by atoms with Gasteiger partial charge in [0.25, 0.3) is 0 Å². The summed E-state index contributed by atoms with van der Waals surface area (Å²) >= 11 is 6.18. The Morgan fingerprint density at radius 1 is 1.14 bits per heavy atom. The number of rotatable bonds is 5. The van der Waals surface area contributed by atoms with E-state index >= 15 is 0 Å². The molecule has 0 saturated carbocycles. The number of aromatic nitrogens is 2. The maximum Gasteiger partial charge on any atom is 0.249 e. The third kappa shape index (κ3) is 4.31. The minimum atomic E-state index is -0.368. The van der Waals surface area contributed by atoms with Crippen molar-refractivity contribution in [2.45, 2.75) is 13.5 Å².